The largest absolute Gasteiger partial charge is 0.481 e. The zero-order valence-electron chi connectivity index (χ0n) is 11.5. The smallest absolute Gasteiger partial charge is 0.306 e. The van der Waals surface area contributed by atoms with Gasteiger partial charge >= 0.3 is 5.97 Å². The third-order valence-electron chi connectivity index (χ3n) is 4.01. The van der Waals surface area contributed by atoms with Gasteiger partial charge in [0.25, 0.3) is 5.91 Å². The molecule has 0 aliphatic heterocycles. The Labute approximate surface area is 122 Å². The number of carboxylic acid groups (broad SMARTS) is 1. The molecule has 0 unspecified atom stereocenters. The highest BCUT2D eigenvalue weighted by Gasteiger charge is 2.30. The molecule has 1 aromatic carbocycles. The zero-order valence-corrected chi connectivity index (χ0v) is 11.5. The maximum atomic E-state index is 12.4. The molecule has 0 radical (unpaired) electrons. The van der Waals surface area contributed by atoms with E-state index in [1.165, 1.54) is 0 Å². The van der Waals surface area contributed by atoms with Crippen LogP contribution >= 0.6 is 0 Å². The molecule has 3 rings (SSSR count). The van der Waals surface area contributed by atoms with Gasteiger partial charge in [-0.3, -0.25) is 14.6 Å². The average Bonchev–Trinajstić information content (AvgIpc) is 2.95. The molecule has 5 heteroatoms. The van der Waals surface area contributed by atoms with Crippen LogP contribution in [0.2, 0.25) is 0 Å². The number of para-hydroxylation sites is 1. The Morgan fingerprint density at radius 3 is 2.76 bits per heavy atom. The maximum absolute atomic E-state index is 12.4. The van der Waals surface area contributed by atoms with Gasteiger partial charge in [0.1, 0.15) is 0 Å². The zero-order chi connectivity index (χ0) is 14.8. The van der Waals surface area contributed by atoms with Gasteiger partial charge in [0, 0.05) is 17.6 Å². The fourth-order valence-electron chi connectivity index (χ4n) is 2.89. The van der Waals surface area contributed by atoms with Crippen LogP contribution in [0.4, 0.5) is 0 Å². The first-order chi connectivity index (χ1) is 10.1. The van der Waals surface area contributed by atoms with Crippen LogP contribution in [0, 0.1) is 5.92 Å². The lowest BCUT2D eigenvalue weighted by atomic mass is 10.1. The quantitative estimate of drug-likeness (QED) is 0.905. The van der Waals surface area contributed by atoms with Gasteiger partial charge in [-0.1, -0.05) is 18.2 Å². The van der Waals surface area contributed by atoms with Gasteiger partial charge in [-0.2, -0.15) is 0 Å². The molecule has 2 atom stereocenters. The second-order valence-electron chi connectivity index (χ2n) is 5.39. The summed E-state index contributed by atoms with van der Waals surface area (Å²) in [4.78, 5) is 27.6. The minimum atomic E-state index is -0.777. The number of benzene rings is 1. The van der Waals surface area contributed by atoms with Crippen LogP contribution in [0.25, 0.3) is 10.9 Å². The molecule has 0 saturated heterocycles. The topological polar surface area (TPSA) is 79.3 Å². The Bertz CT molecular complexity index is 693. The van der Waals surface area contributed by atoms with E-state index in [4.69, 9.17) is 5.11 Å². The first kappa shape index (κ1) is 13.5. The van der Waals surface area contributed by atoms with Gasteiger partial charge in [-0.15, -0.1) is 0 Å². The van der Waals surface area contributed by atoms with Crippen molar-refractivity contribution in [3.63, 3.8) is 0 Å². The molecule has 2 N–H and O–H groups in total. The van der Waals surface area contributed by atoms with Gasteiger partial charge in [0.15, 0.2) is 0 Å². The Kier molecular flexibility index (Phi) is 3.56. The van der Waals surface area contributed by atoms with Crippen molar-refractivity contribution in [2.24, 2.45) is 5.92 Å². The Morgan fingerprint density at radius 2 is 2.00 bits per heavy atom. The van der Waals surface area contributed by atoms with Crippen LogP contribution in [-0.4, -0.2) is 28.0 Å². The third kappa shape index (κ3) is 2.72. The second-order valence-corrected chi connectivity index (χ2v) is 5.39. The van der Waals surface area contributed by atoms with Crippen molar-refractivity contribution in [3.8, 4) is 0 Å². The minimum Gasteiger partial charge on any atom is -0.481 e. The van der Waals surface area contributed by atoms with Crippen LogP contribution in [0.5, 0.6) is 0 Å². The molecule has 5 nitrogen and oxygen atoms in total. The predicted molar refractivity (Wildman–Crippen MR) is 78.0 cm³/mol. The molecule has 0 spiro atoms. The van der Waals surface area contributed by atoms with Crippen LogP contribution in [0.1, 0.15) is 29.6 Å². The SMILES string of the molecule is O=C(N[C@H]1CC[C@@H](C(=O)O)C1)c1ccnc2ccccc12. The molecule has 2 aromatic rings. The molecule has 1 aromatic heterocycles. The van der Waals surface area contributed by atoms with Crippen LogP contribution in [-0.2, 0) is 4.79 Å². The van der Waals surface area contributed by atoms with Gasteiger partial charge in [-0.05, 0) is 31.4 Å². The number of rotatable bonds is 3. The van der Waals surface area contributed by atoms with Gasteiger partial charge in [-0.25, -0.2) is 0 Å². The third-order valence-corrected chi connectivity index (χ3v) is 4.01. The number of pyridine rings is 1. The van der Waals surface area contributed by atoms with E-state index in [0.29, 0.717) is 24.8 Å². The molecular formula is C16H16N2O3. The van der Waals surface area contributed by atoms with Crippen molar-refractivity contribution < 1.29 is 14.7 Å². The van der Waals surface area contributed by atoms with Crippen LogP contribution in [0.15, 0.2) is 36.5 Å². The maximum Gasteiger partial charge on any atom is 0.306 e. The second kappa shape index (κ2) is 5.52. The highest BCUT2D eigenvalue weighted by Crippen LogP contribution is 2.26. The Balaban J connectivity index is 1.78. The molecule has 1 amide bonds. The van der Waals surface area contributed by atoms with Crippen molar-refractivity contribution in [1.29, 1.82) is 0 Å². The lowest BCUT2D eigenvalue weighted by Gasteiger charge is -2.13. The van der Waals surface area contributed by atoms with E-state index in [1.54, 1.807) is 12.3 Å². The number of carboxylic acids is 1. The monoisotopic (exact) mass is 284 g/mol. The number of hydrogen-bond acceptors (Lipinski definition) is 3. The van der Waals surface area contributed by atoms with Crippen molar-refractivity contribution in [2.75, 3.05) is 0 Å². The predicted octanol–water partition coefficient (Wildman–Crippen LogP) is 2.22. The molecule has 21 heavy (non-hydrogen) atoms. The normalized spacial score (nSPS) is 21.3. The number of amides is 1. The van der Waals surface area contributed by atoms with E-state index in [1.807, 2.05) is 24.3 Å². The molecule has 0 bridgehead atoms. The first-order valence-corrected chi connectivity index (χ1v) is 7.02. The van der Waals surface area contributed by atoms with Crippen LogP contribution < -0.4 is 5.32 Å². The van der Waals surface area contributed by atoms with Crippen LogP contribution in [0.3, 0.4) is 0 Å². The highest BCUT2D eigenvalue weighted by molar-refractivity contribution is 6.06. The number of fused-ring (bicyclic) bond motifs is 1. The van der Waals surface area contributed by atoms with Gasteiger partial charge < -0.3 is 10.4 Å². The van der Waals surface area contributed by atoms with Crippen molar-refractivity contribution in [3.05, 3.63) is 42.1 Å². The number of aliphatic carboxylic acids is 1. The van der Waals surface area contributed by atoms with Crippen molar-refractivity contribution >= 4 is 22.8 Å². The van der Waals surface area contributed by atoms with Gasteiger partial charge in [0.2, 0.25) is 0 Å². The number of nitrogens with one attached hydrogen (secondary N) is 1. The van der Waals surface area contributed by atoms with E-state index < -0.39 is 5.97 Å². The van der Waals surface area contributed by atoms with E-state index in [9.17, 15) is 9.59 Å². The summed E-state index contributed by atoms with van der Waals surface area (Å²) in [6.45, 7) is 0. The number of aromatic nitrogens is 1. The molecule has 1 saturated carbocycles. The average molecular weight is 284 g/mol. The van der Waals surface area contributed by atoms with E-state index in [0.717, 1.165) is 10.9 Å². The minimum absolute atomic E-state index is 0.0643. The lowest BCUT2D eigenvalue weighted by molar-refractivity contribution is -0.141. The van der Waals surface area contributed by atoms with E-state index in [-0.39, 0.29) is 17.9 Å². The molecule has 1 aliphatic carbocycles. The summed E-state index contributed by atoms with van der Waals surface area (Å²) in [6, 6.07) is 9.11. The van der Waals surface area contributed by atoms with Gasteiger partial charge in [0.05, 0.1) is 17.0 Å². The molecular weight excluding hydrogens is 268 g/mol. The van der Waals surface area contributed by atoms with E-state index >= 15 is 0 Å². The summed E-state index contributed by atoms with van der Waals surface area (Å²) in [5.74, 6) is -1.28. The first-order valence-electron chi connectivity index (χ1n) is 7.02. The fourth-order valence-corrected chi connectivity index (χ4v) is 2.89. The molecule has 1 heterocycles. The summed E-state index contributed by atoms with van der Waals surface area (Å²) in [5.41, 5.74) is 1.36. The molecule has 1 aliphatic rings. The van der Waals surface area contributed by atoms with Crippen molar-refractivity contribution in [2.45, 2.75) is 25.3 Å². The standard InChI is InChI=1S/C16H16N2O3/c19-15(18-11-6-5-10(9-11)16(20)21)13-7-8-17-14-4-2-1-3-12(13)14/h1-4,7-8,10-11H,5-6,9H2,(H,18,19)(H,20,21)/t10-,11+/m1/s1. The molecule has 1 fully saturated rings. The summed E-state index contributed by atoms with van der Waals surface area (Å²) < 4.78 is 0. The summed E-state index contributed by atoms with van der Waals surface area (Å²) >= 11 is 0. The Hall–Kier alpha value is -2.43. The summed E-state index contributed by atoms with van der Waals surface area (Å²) in [5, 5.41) is 12.8. The lowest BCUT2D eigenvalue weighted by Crippen LogP contribution is -2.33. The van der Waals surface area contributed by atoms with Crippen molar-refractivity contribution in [1.82, 2.24) is 10.3 Å². The number of hydrogen-bond donors (Lipinski definition) is 2. The number of nitrogens with zero attached hydrogens (tertiary/aromatic N) is 1. The summed E-state index contributed by atoms with van der Waals surface area (Å²) in [7, 11) is 0. The summed E-state index contributed by atoms with van der Waals surface area (Å²) in [6.07, 6.45) is 3.46. The number of carbonyl (C=O) groups is 2. The Morgan fingerprint density at radius 1 is 1.19 bits per heavy atom. The number of carbonyl (C=O) groups excluding carboxylic acids is 1. The van der Waals surface area contributed by atoms with E-state index in [2.05, 4.69) is 10.3 Å². The highest BCUT2D eigenvalue weighted by atomic mass is 16.4. The molecule has 108 valence electrons. The fraction of sp³-hybridized carbons (Fsp3) is 0.312.